The van der Waals surface area contributed by atoms with E-state index in [1.807, 2.05) is 0 Å². The van der Waals surface area contributed by atoms with E-state index < -0.39 is 5.97 Å². The Morgan fingerprint density at radius 1 is 1.60 bits per heavy atom. The fourth-order valence-corrected chi connectivity index (χ4v) is 1.69. The molecule has 0 fully saturated rings. The van der Waals surface area contributed by atoms with Crippen LogP contribution < -0.4 is 0 Å². The minimum atomic E-state index is -1.11. The molecule has 76 valence electrons. The number of pyridine rings is 1. The first-order valence-electron chi connectivity index (χ1n) is 4.03. The summed E-state index contributed by atoms with van der Waals surface area (Å²) in [6, 6.07) is 1.47. The molecule has 2 aromatic heterocycles. The molecular weight excluding hydrogens is 216 g/mol. The van der Waals surface area contributed by atoms with Crippen molar-refractivity contribution in [2.75, 3.05) is 0 Å². The molecule has 0 saturated carbocycles. The summed E-state index contributed by atoms with van der Waals surface area (Å²) in [5, 5.41) is 9.24. The Bertz CT molecular complexity index is 562. The van der Waals surface area contributed by atoms with E-state index in [0.29, 0.717) is 22.9 Å². The van der Waals surface area contributed by atoms with Gasteiger partial charge in [-0.05, 0) is 6.07 Å². The van der Waals surface area contributed by atoms with Crippen molar-refractivity contribution in [3.63, 3.8) is 0 Å². The van der Waals surface area contributed by atoms with Gasteiger partial charge in [0.05, 0.1) is 5.56 Å². The standard InChI is InChI=1S/C9H6N2O3S/c12-4-5-1-2-10-8-7(5)6(9(13)14)3-11(8)15/h1-4,15H,(H,13,14). The Morgan fingerprint density at radius 3 is 2.93 bits per heavy atom. The number of carbonyl (C=O) groups is 2. The second-order valence-electron chi connectivity index (χ2n) is 2.91. The number of thiol groups is 1. The van der Waals surface area contributed by atoms with Gasteiger partial charge >= 0.3 is 5.97 Å². The number of nitrogens with zero attached hydrogens (tertiary/aromatic N) is 2. The molecule has 1 N–H and O–H groups in total. The van der Waals surface area contributed by atoms with E-state index in [-0.39, 0.29) is 5.56 Å². The van der Waals surface area contributed by atoms with Crippen LogP contribution in [0, 0.1) is 0 Å². The lowest BCUT2D eigenvalue weighted by Gasteiger charge is -1.96. The summed E-state index contributed by atoms with van der Waals surface area (Å²) in [6.07, 6.45) is 3.35. The number of aromatic nitrogens is 2. The molecule has 5 nitrogen and oxygen atoms in total. The number of carboxylic acid groups (broad SMARTS) is 1. The van der Waals surface area contributed by atoms with E-state index in [1.54, 1.807) is 0 Å². The van der Waals surface area contributed by atoms with E-state index in [4.69, 9.17) is 5.11 Å². The third kappa shape index (κ3) is 1.39. The first-order valence-corrected chi connectivity index (χ1v) is 4.43. The summed E-state index contributed by atoms with van der Waals surface area (Å²) in [5.41, 5.74) is 0.681. The van der Waals surface area contributed by atoms with Crippen LogP contribution in [-0.4, -0.2) is 26.3 Å². The molecular formula is C9H6N2O3S. The number of aldehydes is 1. The lowest BCUT2D eigenvalue weighted by atomic mass is 10.1. The fourth-order valence-electron chi connectivity index (χ4n) is 1.42. The Balaban J connectivity index is 2.94. The van der Waals surface area contributed by atoms with Crippen molar-refractivity contribution in [3.05, 3.63) is 29.6 Å². The van der Waals surface area contributed by atoms with Crippen molar-refractivity contribution in [1.29, 1.82) is 0 Å². The van der Waals surface area contributed by atoms with Gasteiger partial charge in [0.25, 0.3) is 0 Å². The number of hydrogen-bond acceptors (Lipinski definition) is 4. The number of carbonyl (C=O) groups excluding carboxylic acids is 1. The van der Waals surface area contributed by atoms with Gasteiger partial charge in [-0.1, -0.05) is 12.8 Å². The molecule has 0 unspecified atom stereocenters. The summed E-state index contributed by atoms with van der Waals surface area (Å²) in [5.74, 6) is -1.11. The second kappa shape index (κ2) is 3.39. The quantitative estimate of drug-likeness (QED) is 0.592. The molecule has 0 spiro atoms. The Kier molecular flexibility index (Phi) is 2.20. The average molecular weight is 222 g/mol. The van der Waals surface area contributed by atoms with Crippen LogP contribution in [-0.2, 0) is 0 Å². The van der Waals surface area contributed by atoms with Crippen molar-refractivity contribution in [2.24, 2.45) is 0 Å². The minimum Gasteiger partial charge on any atom is -0.478 e. The van der Waals surface area contributed by atoms with Crippen molar-refractivity contribution in [1.82, 2.24) is 8.96 Å². The van der Waals surface area contributed by atoms with Gasteiger partial charge in [0.15, 0.2) is 11.9 Å². The third-order valence-electron chi connectivity index (χ3n) is 2.06. The molecule has 6 heteroatoms. The number of aromatic carboxylic acids is 1. The molecule has 15 heavy (non-hydrogen) atoms. The van der Waals surface area contributed by atoms with E-state index in [2.05, 4.69) is 17.8 Å². The summed E-state index contributed by atoms with van der Waals surface area (Å²) in [6.45, 7) is 0. The largest absolute Gasteiger partial charge is 0.478 e. The average Bonchev–Trinajstić information content (AvgIpc) is 2.56. The normalized spacial score (nSPS) is 10.5. The Morgan fingerprint density at radius 2 is 2.33 bits per heavy atom. The van der Waals surface area contributed by atoms with Gasteiger partial charge in [0, 0.05) is 23.3 Å². The van der Waals surface area contributed by atoms with Crippen LogP contribution in [0.25, 0.3) is 11.0 Å². The molecule has 0 aliphatic rings. The molecule has 0 saturated heterocycles. The Hall–Kier alpha value is -1.82. The zero-order chi connectivity index (χ0) is 11.0. The molecule has 2 heterocycles. The predicted octanol–water partition coefficient (Wildman–Crippen LogP) is 1.24. The van der Waals surface area contributed by atoms with Crippen molar-refractivity contribution in [2.45, 2.75) is 0 Å². The van der Waals surface area contributed by atoms with Crippen molar-refractivity contribution < 1.29 is 14.7 Å². The molecule has 0 aromatic carbocycles. The van der Waals surface area contributed by atoms with Gasteiger partial charge in [0.2, 0.25) is 0 Å². The zero-order valence-electron chi connectivity index (χ0n) is 7.41. The lowest BCUT2D eigenvalue weighted by Crippen LogP contribution is -1.96. The van der Waals surface area contributed by atoms with Crippen LogP contribution in [0.4, 0.5) is 0 Å². The van der Waals surface area contributed by atoms with Crippen molar-refractivity contribution >= 4 is 36.1 Å². The highest BCUT2D eigenvalue weighted by Crippen LogP contribution is 2.23. The van der Waals surface area contributed by atoms with Gasteiger partial charge in [-0.25, -0.2) is 9.78 Å². The van der Waals surface area contributed by atoms with Crippen LogP contribution in [0.3, 0.4) is 0 Å². The van der Waals surface area contributed by atoms with Gasteiger partial charge in [-0.15, -0.1) is 0 Å². The maximum atomic E-state index is 10.9. The SMILES string of the molecule is O=Cc1ccnc2c1c(C(=O)O)cn2S. The van der Waals surface area contributed by atoms with E-state index in [0.717, 1.165) is 0 Å². The smallest absolute Gasteiger partial charge is 0.338 e. The van der Waals surface area contributed by atoms with E-state index in [1.165, 1.54) is 22.4 Å². The maximum absolute atomic E-state index is 10.9. The minimum absolute atomic E-state index is 0.0233. The Labute approximate surface area is 89.9 Å². The van der Waals surface area contributed by atoms with Crippen LogP contribution in [0.5, 0.6) is 0 Å². The lowest BCUT2D eigenvalue weighted by molar-refractivity contribution is 0.0699. The molecule has 0 aliphatic heterocycles. The number of hydrogen-bond donors (Lipinski definition) is 2. The molecule has 0 atom stereocenters. The summed E-state index contributed by atoms with van der Waals surface area (Å²) in [4.78, 5) is 25.6. The third-order valence-corrected chi connectivity index (χ3v) is 2.36. The van der Waals surface area contributed by atoms with Crippen LogP contribution in [0.2, 0.25) is 0 Å². The summed E-state index contributed by atoms with van der Waals surface area (Å²) < 4.78 is 1.28. The maximum Gasteiger partial charge on any atom is 0.338 e. The zero-order valence-corrected chi connectivity index (χ0v) is 8.31. The highest BCUT2D eigenvalue weighted by molar-refractivity contribution is 7.78. The van der Waals surface area contributed by atoms with Crippen LogP contribution in [0.1, 0.15) is 20.7 Å². The van der Waals surface area contributed by atoms with E-state index >= 15 is 0 Å². The highest BCUT2D eigenvalue weighted by atomic mass is 32.1. The number of carboxylic acids is 1. The monoisotopic (exact) mass is 222 g/mol. The molecule has 0 bridgehead atoms. The van der Waals surface area contributed by atoms with Crippen molar-refractivity contribution in [3.8, 4) is 0 Å². The number of fused-ring (bicyclic) bond motifs is 1. The first kappa shape index (κ1) is 9.72. The van der Waals surface area contributed by atoms with Gasteiger partial charge in [-0.2, -0.15) is 0 Å². The predicted molar refractivity (Wildman–Crippen MR) is 56.5 cm³/mol. The molecule has 0 aliphatic carbocycles. The van der Waals surface area contributed by atoms with Crippen LogP contribution >= 0.6 is 12.8 Å². The highest BCUT2D eigenvalue weighted by Gasteiger charge is 2.16. The molecule has 0 amide bonds. The molecule has 0 radical (unpaired) electrons. The molecule has 2 aromatic rings. The first-order chi connectivity index (χ1) is 7.15. The topological polar surface area (TPSA) is 72.2 Å². The second-order valence-corrected chi connectivity index (χ2v) is 3.34. The molecule has 2 rings (SSSR count). The summed E-state index contributed by atoms with van der Waals surface area (Å²) in [7, 11) is 0. The number of rotatable bonds is 2. The van der Waals surface area contributed by atoms with Gasteiger partial charge in [-0.3, -0.25) is 8.77 Å². The van der Waals surface area contributed by atoms with E-state index in [9.17, 15) is 9.59 Å². The summed E-state index contributed by atoms with van der Waals surface area (Å²) >= 11 is 4.03. The van der Waals surface area contributed by atoms with Gasteiger partial charge < -0.3 is 5.11 Å². The van der Waals surface area contributed by atoms with Gasteiger partial charge in [0.1, 0.15) is 0 Å². The fraction of sp³-hybridized carbons (Fsp3) is 0. The van der Waals surface area contributed by atoms with Crippen LogP contribution in [0.15, 0.2) is 18.5 Å².